The van der Waals surface area contributed by atoms with Crippen molar-refractivity contribution in [2.24, 2.45) is 0 Å². The molecular formula is C11H15BrN2O2. The van der Waals surface area contributed by atoms with E-state index in [9.17, 15) is 0 Å². The second-order valence-electron chi connectivity index (χ2n) is 3.72. The Hall–Kier alpha value is -0.620. The molecule has 1 aliphatic rings. The summed E-state index contributed by atoms with van der Waals surface area (Å²) in [6, 6.07) is 6.11. The van der Waals surface area contributed by atoms with Gasteiger partial charge in [0.15, 0.2) is 0 Å². The average Bonchev–Trinajstić information content (AvgIpc) is 2.31. The van der Waals surface area contributed by atoms with E-state index < -0.39 is 0 Å². The van der Waals surface area contributed by atoms with E-state index in [0.29, 0.717) is 6.54 Å². The molecule has 0 saturated carbocycles. The van der Waals surface area contributed by atoms with E-state index in [2.05, 4.69) is 32.4 Å². The smallest absolute Gasteiger partial charge is 0.0642 e. The van der Waals surface area contributed by atoms with Crippen LogP contribution in [0.25, 0.3) is 0 Å². The third-order valence-electron chi connectivity index (χ3n) is 2.65. The molecule has 1 aromatic rings. The zero-order chi connectivity index (χ0) is 11.4. The fraction of sp³-hybridized carbons (Fsp3) is 0.455. The highest BCUT2D eigenvalue weighted by molar-refractivity contribution is 9.10. The summed E-state index contributed by atoms with van der Waals surface area (Å²) in [4.78, 5) is 2.30. The highest BCUT2D eigenvalue weighted by Crippen LogP contribution is 2.27. The van der Waals surface area contributed by atoms with Gasteiger partial charge in [-0.05, 0) is 33.6 Å². The monoisotopic (exact) mass is 286 g/mol. The molecule has 0 bridgehead atoms. The molecule has 2 N–H and O–H groups in total. The van der Waals surface area contributed by atoms with Crippen molar-refractivity contribution in [3.05, 3.63) is 28.2 Å². The summed E-state index contributed by atoms with van der Waals surface area (Å²) in [5.41, 5.74) is 4.39. The number of morpholine rings is 1. The van der Waals surface area contributed by atoms with Gasteiger partial charge in [-0.25, -0.2) is 5.48 Å². The van der Waals surface area contributed by atoms with Crippen LogP contribution < -0.4 is 10.4 Å². The van der Waals surface area contributed by atoms with Crippen LogP contribution in [0, 0.1) is 0 Å². The highest BCUT2D eigenvalue weighted by Gasteiger charge is 2.13. The lowest BCUT2D eigenvalue weighted by atomic mass is 10.2. The quantitative estimate of drug-likeness (QED) is 0.832. The van der Waals surface area contributed by atoms with Gasteiger partial charge in [0.2, 0.25) is 0 Å². The molecule has 1 aromatic carbocycles. The second kappa shape index (κ2) is 5.63. The summed E-state index contributed by atoms with van der Waals surface area (Å²) in [5.74, 6) is 0. The topological polar surface area (TPSA) is 44.7 Å². The Bertz CT molecular complexity index is 354. The van der Waals surface area contributed by atoms with Crippen LogP contribution in [0.3, 0.4) is 0 Å². The van der Waals surface area contributed by atoms with E-state index in [1.165, 1.54) is 5.69 Å². The molecule has 1 heterocycles. The van der Waals surface area contributed by atoms with E-state index in [4.69, 9.17) is 9.94 Å². The largest absolute Gasteiger partial charge is 0.378 e. The van der Waals surface area contributed by atoms with Crippen LogP contribution in [0.15, 0.2) is 22.7 Å². The van der Waals surface area contributed by atoms with Crippen LogP contribution in [0.4, 0.5) is 5.69 Å². The van der Waals surface area contributed by atoms with Gasteiger partial charge in [0.25, 0.3) is 0 Å². The molecular weight excluding hydrogens is 272 g/mol. The maximum atomic E-state index is 8.64. The minimum atomic E-state index is 0.460. The summed E-state index contributed by atoms with van der Waals surface area (Å²) in [5, 5.41) is 8.64. The fourth-order valence-electron chi connectivity index (χ4n) is 1.81. The standard InChI is InChI=1S/C11H15BrN2O2/c12-10-7-9(8-13-15)1-2-11(10)14-3-5-16-6-4-14/h1-2,7,13,15H,3-6,8H2. The van der Waals surface area contributed by atoms with Crippen LogP contribution in [-0.2, 0) is 11.3 Å². The van der Waals surface area contributed by atoms with Crippen molar-refractivity contribution >= 4 is 21.6 Å². The molecule has 1 fully saturated rings. The Balaban J connectivity index is 2.14. The number of rotatable bonds is 3. The Morgan fingerprint density at radius 3 is 2.75 bits per heavy atom. The number of benzene rings is 1. The molecule has 0 aromatic heterocycles. The average molecular weight is 287 g/mol. The Morgan fingerprint density at radius 2 is 2.12 bits per heavy atom. The number of hydrogen-bond acceptors (Lipinski definition) is 4. The number of ether oxygens (including phenoxy) is 1. The van der Waals surface area contributed by atoms with Gasteiger partial charge in [0.1, 0.15) is 0 Å². The Morgan fingerprint density at radius 1 is 1.38 bits per heavy atom. The van der Waals surface area contributed by atoms with Gasteiger partial charge in [-0.1, -0.05) is 6.07 Å². The number of hydrogen-bond donors (Lipinski definition) is 2. The molecule has 0 aliphatic carbocycles. The van der Waals surface area contributed by atoms with E-state index >= 15 is 0 Å². The molecule has 2 rings (SSSR count). The SMILES string of the molecule is ONCc1ccc(N2CCOCC2)c(Br)c1. The molecule has 1 saturated heterocycles. The van der Waals surface area contributed by atoms with Crippen molar-refractivity contribution in [3.63, 3.8) is 0 Å². The van der Waals surface area contributed by atoms with Crippen LogP contribution in [-0.4, -0.2) is 31.5 Å². The number of nitrogens with zero attached hydrogens (tertiary/aromatic N) is 1. The normalized spacial score (nSPS) is 16.5. The lowest BCUT2D eigenvalue weighted by Crippen LogP contribution is -2.36. The minimum absolute atomic E-state index is 0.460. The van der Waals surface area contributed by atoms with Crippen LogP contribution in [0.2, 0.25) is 0 Å². The van der Waals surface area contributed by atoms with Crippen molar-refractivity contribution in [2.45, 2.75) is 6.54 Å². The van der Waals surface area contributed by atoms with Gasteiger partial charge in [-0.3, -0.25) is 0 Å². The Kier molecular flexibility index (Phi) is 4.17. The first-order valence-corrected chi connectivity index (χ1v) is 6.08. The first-order chi connectivity index (χ1) is 7.81. The third-order valence-corrected chi connectivity index (χ3v) is 3.28. The summed E-state index contributed by atoms with van der Waals surface area (Å²) < 4.78 is 6.38. The lowest BCUT2D eigenvalue weighted by Gasteiger charge is -2.29. The highest BCUT2D eigenvalue weighted by atomic mass is 79.9. The first kappa shape index (κ1) is 11.9. The number of hydroxylamine groups is 1. The van der Waals surface area contributed by atoms with Gasteiger partial charge in [0, 0.05) is 24.1 Å². The summed E-state index contributed by atoms with van der Waals surface area (Å²) in [6.45, 7) is 3.88. The van der Waals surface area contributed by atoms with Gasteiger partial charge in [-0.15, -0.1) is 0 Å². The van der Waals surface area contributed by atoms with Gasteiger partial charge < -0.3 is 14.8 Å². The Labute approximate surface area is 103 Å². The zero-order valence-corrected chi connectivity index (χ0v) is 10.5. The zero-order valence-electron chi connectivity index (χ0n) is 8.95. The fourth-order valence-corrected chi connectivity index (χ4v) is 2.49. The maximum absolute atomic E-state index is 8.64. The predicted molar refractivity (Wildman–Crippen MR) is 65.8 cm³/mol. The molecule has 16 heavy (non-hydrogen) atoms. The summed E-state index contributed by atoms with van der Waals surface area (Å²) in [7, 11) is 0. The summed E-state index contributed by atoms with van der Waals surface area (Å²) in [6.07, 6.45) is 0. The molecule has 5 heteroatoms. The molecule has 0 spiro atoms. The van der Waals surface area contributed by atoms with Crippen molar-refractivity contribution in [2.75, 3.05) is 31.2 Å². The molecule has 88 valence electrons. The van der Waals surface area contributed by atoms with E-state index in [1.54, 1.807) is 0 Å². The summed E-state index contributed by atoms with van der Waals surface area (Å²) >= 11 is 3.56. The number of anilines is 1. The molecule has 4 nitrogen and oxygen atoms in total. The van der Waals surface area contributed by atoms with Crippen molar-refractivity contribution in [3.8, 4) is 0 Å². The molecule has 0 unspecified atom stereocenters. The van der Waals surface area contributed by atoms with E-state index in [-0.39, 0.29) is 0 Å². The number of nitrogens with one attached hydrogen (secondary N) is 1. The van der Waals surface area contributed by atoms with E-state index in [0.717, 1.165) is 36.3 Å². The van der Waals surface area contributed by atoms with Gasteiger partial charge in [0.05, 0.1) is 18.9 Å². The van der Waals surface area contributed by atoms with Gasteiger partial charge in [-0.2, -0.15) is 0 Å². The number of halogens is 1. The lowest BCUT2D eigenvalue weighted by molar-refractivity contribution is 0.122. The predicted octanol–water partition coefficient (Wildman–Crippen LogP) is 1.76. The van der Waals surface area contributed by atoms with E-state index in [1.807, 2.05) is 12.1 Å². The molecule has 0 amide bonds. The first-order valence-electron chi connectivity index (χ1n) is 5.29. The third kappa shape index (κ3) is 2.74. The van der Waals surface area contributed by atoms with Crippen LogP contribution in [0.1, 0.15) is 5.56 Å². The van der Waals surface area contributed by atoms with Crippen molar-refractivity contribution < 1.29 is 9.94 Å². The molecule has 0 atom stereocenters. The second-order valence-corrected chi connectivity index (χ2v) is 4.57. The molecule has 1 aliphatic heterocycles. The van der Waals surface area contributed by atoms with Gasteiger partial charge >= 0.3 is 0 Å². The van der Waals surface area contributed by atoms with Crippen molar-refractivity contribution in [1.29, 1.82) is 0 Å². The maximum Gasteiger partial charge on any atom is 0.0642 e. The van der Waals surface area contributed by atoms with Crippen LogP contribution >= 0.6 is 15.9 Å². The van der Waals surface area contributed by atoms with Crippen molar-refractivity contribution in [1.82, 2.24) is 5.48 Å². The minimum Gasteiger partial charge on any atom is -0.378 e. The molecule has 0 radical (unpaired) electrons. The van der Waals surface area contributed by atoms with Crippen LogP contribution in [0.5, 0.6) is 0 Å².